The molecule has 0 amide bonds. The Morgan fingerprint density at radius 3 is 2.77 bits per heavy atom. The van der Waals surface area contributed by atoms with Gasteiger partial charge in [0.25, 0.3) is 0 Å². The van der Waals surface area contributed by atoms with E-state index < -0.39 is 0 Å². The predicted octanol–water partition coefficient (Wildman–Crippen LogP) is 6.94. The minimum Gasteiger partial charge on any atom is -0.271 e. The van der Waals surface area contributed by atoms with Crippen LogP contribution in [0.2, 0.25) is 0 Å². The monoisotopic (exact) mass is 406 g/mol. The molecule has 8 unspecified atom stereocenters. The molecule has 0 aromatic carbocycles. The Kier molecular flexibility index (Phi) is 5.76. The van der Waals surface area contributed by atoms with Crippen molar-refractivity contribution in [2.75, 3.05) is 0 Å². The molecule has 2 heteroatoms. The molecule has 30 heavy (non-hydrogen) atoms. The zero-order chi connectivity index (χ0) is 20.7. The quantitative estimate of drug-likeness (QED) is 0.495. The van der Waals surface area contributed by atoms with Crippen LogP contribution in [-0.2, 0) is 6.54 Å². The number of rotatable bonds is 4. The van der Waals surface area contributed by atoms with E-state index >= 15 is 0 Å². The highest BCUT2D eigenvalue weighted by molar-refractivity contribution is 5.26. The summed E-state index contributed by atoms with van der Waals surface area (Å²) in [4.78, 5) is 0. The Balaban J connectivity index is 1.28. The predicted molar refractivity (Wildman–Crippen MR) is 124 cm³/mol. The van der Waals surface area contributed by atoms with Gasteiger partial charge >= 0.3 is 0 Å². The number of nitrogens with zero attached hydrogens (tertiary/aromatic N) is 2. The summed E-state index contributed by atoms with van der Waals surface area (Å²) in [5, 5.41) is 4.50. The summed E-state index contributed by atoms with van der Waals surface area (Å²) in [5.74, 6) is 9.83. The van der Waals surface area contributed by atoms with Crippen molar-refractivity contribution in [3.05, 3.63) is 18.0 Å². The number of aromatic nitrogens is 2. The summed E-state index contributed by atoms with van der Waals surface area (Å²) in [6.45, 7) is 6.14. The number of fused-ring (bicyclic) bond motifs is 5. The molecule has 1 aromatic heterocycles. The van der Waals surface area contributed by atoms with Crippen LogP contribution in [0.1, 0.15) is 96.5 Å². The SMILES string of the molecule is C#Cc1cnn(CCC2CCCC3C4CCC5CC(CC)CCC5C4CCC23C)c1. The van der Waals surface area contributed by atoms with E-state index in [-0.39, 0.29) is 0 Å². The van der Waals surface area contributed by atoms with Gasteiger partial charge in [0.05, 0.1) is 11.8 Å². The molecule has 5 rings (SSSR count). The lowest BCUT2D eigenvalue weighted by Gasteiger charge is -2.61. The van der Waals surface area contributed by atoms with Crippen molar-refractivity contribution in [1.82, 2.24) is 9.78 Å². The van der Waals surface area contributed by atoms with E-state index in [2.05, 4.69) is 29.5 Å². The van der Waals surface area contributed by atoms with Gasteiger partial charge < -0.3 is 0 Å². The molecule has 1 heterocycles. The van der Waals surface area contributed by atoms with Crippen molar-refractivity contribution < 1.29 is 0 Å². The third-order valence-corrected chi connectivity index (χ3v) is 10.6. The van der Waals surface area contributed by atoms with E-state index in [9.17, 15) is 0 Å². The Hall–Kier alpha value is -1.23. The maximum Gasteiger partial charge on any atom is 0.0646 e. The summed E-state index contributed by atoms with van der Waals surface area (Å²) < 4.78 is 2.09. The van der Waals surface area contributed by atoms with Gasteiger partial charge in [-0.05, 0) is 105 Å². The third-order valence-electron chi connectivity index (χ3n) is 10.6. The van der Waals surface area contributed by atoms with Crippen LogP contribution in [-0.4, -0.2) is 9.78 Å². The van der Waals surface area contributed by atoms with Crippen LogP contribution in [0.4, 0.5) is 0 Å². The van der Waals surface area contributed by atoms with Crippen molar-refractivity contribution in [2.24, 2.45) is 46.8 Å². The minimum absolute atomic E-state index is 0.564. The minimum atomic E-state index is 0.564. The van der Waals surface area contributed by atoms with Crippen molar-refractivity contribution in [3.63, 3.8) is 0 Å². The normalized spacial score (nSPS) is 43.2. The summed E-state index contributed by atoms with van der Waals surface area (Å²) >= 11 is 0. The third kappa shape index (κ3) is 3.55. The van der Waals surface area contributed by atoms with Crippen molar-refractivity contribution >= 4 is 0 Å². The molecule has 4 fully saturated rings. The van der Waals surface area contributed by atoms with Crippen LogP contribution in [0.3, 0.4) is 0 Å². The van der Waals surface area contributed by atoms with Crippen molar-refractivity contribution in [2.45, 2.75) is 97.4 Å². The largest absolute Gasteiger partial charge is 0.271 e. The summed E-state index contributed by atoms with van der Waals surface area (Å²) in [6, 6.07) is 0. The topological polar surface area (TPSA) is 17.8 Å². The van der Waals surface area contributed by atoms with E-state index in [1.54, 1.807) is 25.7 Å². The Morgan fingerprint density at radius 2 is 1.97 bits per heavy atom. The highest BCUT2D eigenvalue weighted by Crippen LogP contribution is 2.63. The second kappa shape index (κ2) is 8.37. The molecule has 0 spiro atoms. The number of hydrogen-bond acceptors (Lipinski definition) is 1. The van der Waals surface area contributed by atoms with E-state index in [4.69, 9.17) is 6.42 Å². The first kappa shape index (κ1) is 20.7. The fraction of sp³-hybridized carbons (Fsp3) is 0.821. The van der Waals surface area contributed by atoms with E-state index in [1.165, 1.54) is 51.4 Å². The van der Waals surface area contributed by atoms with Crippen LogP contribution in [0.15, 0.2) is 12.4 Å². The van der Waals surface area contributed by atoms with Gasteiger partial charge in [0.15, 0.2) is 0 Å². The van der Waals surface area contributed by atoms with Crippen LogP contribution >= 0.6 is 0 Å². The van der Waals surface area contributed by atoms with Gasteiger partial charge in [-0.3, -0.25) is 4.68 Å². The molecule has 0 saturated heterocycles. The average molecular weight is 407 g/mol. The average Bonchev–Trinajstić information content (AvgIpc) is 3.24. The second-order valence-corrected chi connectivity index (χ2v) is 11.6. The molecule has 2 nitrogen and oxygen atoms in total. The number of aryl methyl sites for hydroxylation is 1. The lowest BCUT2D eigenvalue weighted by atomic mass is 9.44. The van der Waals surface area contributed by atoms with Gasteiger partial charge in [-0.25, -0.2) is 0 Å². The van der Waals surface area contributed by atoms with Gasteiger partial charge in [-0.2, -0.15) is 5.10 Å². The number of terminal acetylenes is 1. The van der Waals surface area contributed by atoms with Gasteiger partial charge in [0, 0.05) is 12.7 Å². The van der Waals surface area contributed by atoms with Crippen LogP contribution in [0.5, 0.6) is 0 Å². The van der Waals surface area contributed by atoms with Crippen LogP contribution < -0.4 is 0 Å². The van der Waals surface area contributed by atoms with Gasteiger partial charge in [-0.1, -0.05) is 39.0 Å². The first-order valence-electron chi connectivity index (χ1n) is 13.1. The van der Waals surface area contributed by atoms with Crippen LogP contribution in [0.25, 0.3) is 0 Å². The molecule has 0 bridgehead atoms. The maximum atomic E-state index is 5.53. The van der Waals surface area contributed by atoms with Crippen molar-refractivity contribution in [1.29, 1.82) is 0 Å². The van der Waals surface area contributed by atoms with E-state index in [0.717, 1.165) is 53.5 Å². The molecule has 164 valence electrons. The molecular formula is C28H42N2. The lowest BCUT2D eigenvalue weighted by molar-refractivity contribution is -0.112. The first-order valence-corrected chi connectivity index (χ1v) is 13.1. The molecule has 1 aromatic rings. The standard InChI is InChI=1S/C28H42N2/c1-4-20-9-11-24-22(17-20)10-12-26-25(24)13-15-28(3)23(7-6-8-27(26)28)14-16-30-19-21(5-2)18-29-30/h2,18-20,22-27H,4,6-17H2,1,3H3. The van der Waals surface area contributed by atoms with E-state index in [0.29, 0.717) is 5.41 Å². The van der Waals surface area contributed by atoms with Crippen LogP contribution in [0, 0.1) is 59.2 Å². The molecule has 4 aliphatic carbocycles. The summed E-state index contributed by atoms with van der Waals surface area (Å²) in [6.07, 6.45) is 27.2. The van der Waals surface area contributed by atoms with Gasteiger partial charge in [0.1, 0.15) is 0 Å². The van der Waals surface area contributed by atoms with E-state index in [1.807, 2.05) is 12.4 Å². The highest BCUT2D eigenvalue weighted by atomic mass is 15.3. The fourth-order valence-electron chi connectivity index (χ4n) is 8.96. The van der Waals surface area contributed by atoms with Gasteiger partial charge in [0.2, 0.25) is 0 Å². The Bertz CT molecular complexity index is 772. The summed E-state index contributed by atoms with van der Waals surface area (Å²) in [7, 11) is 0. The lowest BCUT2D eigenvalue weighted by Crippen LogP contribution is -2.52. The summed E-state index contributed by atoms with van der Waals surface area (Å²) in [5.41, 5.74) is 1.48. The molecule has 4 saturated carbocycles. The second-order valence-electron chi connectivity index (χ2n) is 11.6. The smallest absolute Gasteiger partial charge is 0.0646 e. The fourth-order valence-corrected chi connectivity index (χ4v) is 8.96. The molecule has 0 N–H and O–H groups in total. The molecular weight excluding hydrogens is 364 g/mol. The Morgan fingerprint density at radius 1 is 1.10 bits per heavy atom. The zero-order valence-electron chi connectivity index (χ0n) is 19.4. The zero-order valence-corrected chi connectivity index (χ0v) is 19.4. The molecule has 8 atom stereocenters. The molecule has 0 radical (unpaired) electrons. The van der Waals surface area contributed by atoms with Crippen molar-refractivity contribution in [3.8, 4) is 12.3 Å². The van der Waals surface area contributed by atoms with Gasteiger partial charge in [-0.15, -0.1) is 6.42 Å². The highest BCUT2D eigenvalue weighted by Gasteiger charge is 2.55. The first-order chi connectivity index (χ1) is 14.6. The maximum absolute atomic E-state index is 5.53. The number of hydrogen-bond donors (Lipinski definition) is 0. The Labute approximate surface area is 184 Å². The molecule has 4 aliphatic rings. The molecule has 0 aliphatic heterocycles.